The third-order valence-electron chi connectivity index (χ3n) is 14.1. The molecule has 16 heteroatoms. The lowest BCUT2D eigenvalue weighted by Gasteiger charge is -2.39. The topological polar surface area (TPSA) is 195 Å². The molecule has 0 spiro atoms. The van der Waals surface area contributed by atoms with Crippen molar-refractivity contribution in [1.82, 2.24) is 4.90 Å². The number of esters is 2. The van der Waals surface area contributed by atoms with E-state index in [-0.39, 0.29) is 48.4 Å². The van der Waals surface area contributed by atoms with E-state index in [1.165, 1.54) is 31.3 Å². The van der Waals surface area contributed by atoms with Crippen molar-refractivity contribution in [2.75, 3.05) is 56.8 Å². The van der Waals surface area contributed by atoms with Gasteiger partial charge in [0.15, 0.2) is 0 Å². The number of aliphatic hydroxyl groups is 2. The van der Waals surface area contributed by atoms with E-state index in [1.54, 1.807) is 67.0 Å². The fourth-order valence-electron chi connectivity index (χ4n) is 9.43. The largest absolute Gasteiger partial charge is 0.458 e. The van der Waals surface area contributed by atoms with Crippen LogP contribution in [0.4, 0.5) is 0 Å². The number of cyclic esters (lactones) is 1. The van der Waals surface area contributed by atoms with Gasteiger partial charge in [0.1, 0.15) is 30.2 Å². The lowest BCUT2D eigenvalue weighted by molar-refractivity contribution is -0.162. The van der Waals surface area contributed by atoms with E-state index in [1.807, 2.05) is 72.8 Å². The quantitative estimate of drug-likeness (QED) is 0.0805. The number of ketones is 1. The number of carbonyl (C=O) groups is 4. The molecule has 2 N–H and O–H groups in total. The predicted octanol–water partition coefficient (Wildman–Crippen LogP) is 6.53. The zero-order valence-corrected chi connectivity index (χ0v) is 44.6. The summed E-state index contributed by atoms with van der Waals surface area (Å²) < 4.78 is 53.1. The van der Waals surface area contributed by atoms with Crippen LogP contribution in [0, 0.1) is 35.5 Å². The fraction of sp³-hybridized carbons (Fsp3) is 0.704. The molecular weight excluding hydrogens is 903 g/mol. The second kappa shape index (κ2) is 32.3. The average Bonchev–Trinajstić information content (AvgIpc) is 3.34. The van der Waals surface area contributed by atoms with Crippen LogP contribution >= 0.6 is 0 Å². The zero-order chi connectivity index (χ0) is 52.7. The first-order chi connectivity index (χ1) is 33.2. The van der Waals surface area contributed by atoms with Crippen LogP contribution in [-0.2, 0) is 61.8 Å². The van der Waals surface area contributed by atoms with Gasteiger partial charge in [-0.2, -0.15) is 0 Å². The summed E-state index contributed by atoms with van der Waals surface area (Å²) in [5.41, 5.74) is 1.12. The third kappa shape index (κ3) is 19.3. The van der Waals surface area contributed by atoms with Crippen LogP contribution in [0.15, 0.2) is 72.0 Å². The maximum Gasteiger partial charge on any atom is 0.331 e. The van der Waals surface area contributed by atoms with Crippen LogP contribution in [0.2, 0.25) is 0 Å². The van der Waals surface area contributed by atoms with E-state index >= 15 is 0 Å². The zero-order valence-electron chi connectivity index (χ0n) is 44.6. The molecule has 0 saturated carbocycles. The van der Waals surface area contributed by atoms with Crippen molar-refractivity contribution in [3.63, 3.8) is 0 Å². The number of methoxy groups -OCH3 is 7. The van der Waals surface area contributed by atoms with Gasteiger partial charge in [-0.15, -0.1) is 0 Å². The second-order valence-corrected chi connectivity index (χ2v) is 19.1. The van der Waals surface area contributed by atoms with Gasteiger partial charge < -0.3 is 57.7 Å². The Hall–Kier alpha value is -3.84. The Balaban J connectivity index is 2.55. The van der Waals surface area contributed by atoms with Gasteiger partial charge in [0.25, 0.3) is 0 Å². The van der Waals surface area contributed by atoms with Gasteiger partial charge in [-0.3, -0.25) is 9.59 Å². The smallest absolute Gasteiger partial charge is 0.331 e. The summed E-state index contributed by atoms with van der Waals surface area (Å²) >= 11 is 0. The van der Waals surface area contributed by atoms with Gasteiger partial charge in [-0.1, -0.05) is 89.6 Å². The molecule has 1 amide bonds. The monoisotopic (exact) mass is 990 g/mol. The number of rotatable bonds is 19. The second-order valence-electron chi connectivity index (χ2n) is 19.1. The van der Waals surface area contributed by atoms with Crippen molar-refractivity contribution >= 4 is 24.1 Å². The number of amides is 1. The lowest BCUT2D eigenvalue weighted by Crippen LogP contribution is -2.50. The first kappa shape index (κ1) is 62.3. The van der Waals surface area contributed by atoms with Gasteiger partial charge in [-0.25, -0.2) is 9.59 Å². The molecule has 0 fully saturated rings. The van der Waals surface area contributed by atoms with Crippen LogP contribution in [-0.4, -0.2) is 163 Å². The van der Waals surface area contributed by atoms with Gasteiger partial charge in [-0.05, 0) is 32.1 Å². The standard InChI is InChI=1S/C54H87NO15/c1-33-18-16-20-48(59)69-52(39(7)51(67-14)35(3)23-26-43(57)37(5)45(64-11)19-17-27-55(8)32-56)36(4)22-25-40(62-9)29-44(58)34(2)21-24-41(63-10)30-46(65-12)38(6)53-50(61)42(31-49(60)70-53)54(68-15)47(28-33)66-13/h16-18,20-22,24-25,27,31-32,34-41,44-47,50-54,58,61H,19,23,26,28-30H2,1-15H3/b20-16+,24-21+,25-22+,27-17+,33-18+/t34-,35+,36-,37-,38-,39+,40-,41-,44-,45-,46+,47+,50-,51+,52-,53-,54-/m0/s1. The summed E-state index contributed by atoms with van der Waals surface area (Å²) in [4.78, 5) is 52.7. The number of ether oxygens (including phenoxy) is 9. The summed E-state index contributed by atoms with van der Waals surface area (Å²) in [7, 11) is 12.5. The predicted molar refractivity (Wildman–Crippen MR) is 267 cm³/mol. The number of hydrogen-bond donors (Lipinski definition) is 2. The molecule has 0 radical (unpaired) electrons. The molecule has 2 rings (SSSR count). The molecule has 0 aliphatic carbocycles. The van der Waals surface area contributed by atoms with Crippen molar-refractivity contribution in [2.45, 2.75) is 154 Å². The Morgan fingerprint density at radius 2 is 1.46 bits per heavy atom. The minimum absolute atomic E-state index is 0.0438. The highest BCUT2D eigenvalue weighted by Crippen LogP contribution is 2.34. The van der Waals surface area contributed by atoms with Crippen LogP contribution in [0.5, 0.6) is 0 Å². The Kier molecular flexibility index (Phi) is 28.7. The molecule has 2 bridgehead atoms. The normalized spacial score (nSPS) is 33.5. The maximum atomic E-state index is 13.7. The average molecular weight is 990 g/mol. The fourth-order valence-corrected chi connectivity index (χ4v) is 9.43. The summed E-state index contributed by atoms with van der Waals surface area (Å²) in [5.74, 6) is -3.15. The number of fused-ring (bicyclic) bond motifs is 2. The van der Waals surface area contributed by atoms with Gasteiger partial charge >= 0.3 is 11.9 Å². The van der Waals surface area contributed by atoms with Gasteiger partial charge in [0.05, 0.1) is 42.7 Å². The third-order valence-corrected chi connectivity index (χ3v) is 14.1. The lowest BCUT2D eigenvalue weighted by atomic mass is 9.81. The van der Waals surface area contributed by atoms with E-state index in [9.17, 15) is 29.4 Å². The minimum Gasteiger partial charge on any atom is -0.458 e. The van der Waals surface area contributed by atoms with Crippen molar-refractivity contribution in [1.29, 1.82) is 0 Å². The van der Waals surface area contributed by atoms with E-state index in [2.05, 4.69) is 0 Å². The molecule has 2 aliphatic heterocycles. The SMILES string of the molecule is CO[C@@H]([C@@H](C)[C@H]1OC(=O)/C=C/C=C(\C)C[C@@H](OC)[C@@H](OC)C2=CC(=O)O[C@@H]([C@@H](C)[C@H](OC)C[C@@H](OC)/C=C/[C@H](C)[C@@H](O)C[C@@H](OC)/C=C/[C@@H]1C)[C@H]2O)[C@H](C)CCC(=O)[C@H](C)[C@H](C/C=C/N(C)C=O)OC. The van der Waals surface area contributed by atoms with Gasteiger partial charge in [0, 0.05) is 130 Å². The molecule has 2 aliphatic rings. The number of Topliss-reactive ketones (excluding diaryl/α,β-unsaturated/α-hetero) is 1. The number of carbonyl (C=O) groups excluding carboxylic acids is 4. The Labute approximate surface area is 418 Å². The minimum atomic E-state index is -1.24. The first-order valence-electron chi connectivity index (χ1n) is 24.5. The molecule has 0 aromatic heterocycles. The van der Waals surface area contributed by atoms with Crippen molar-refractivity contribution < 1.29 is 72.0 Å². The summed E-state index contributed by atoms with van der Waals surface area (Å²) in [6.07, 6.45) is 12.5. The molecule has 0 aromatic rings. The Morgan fingerprint density at radius 1 is 0.829 bits per heavy atom. The highest BCUT2D eigenvalue weighted by molar-refractivity contribution is 5.84. The molecule has 0 saturated heterocycles. The van der Waals surface area contributed by atoms with E-state index in [4.69, 9.17) is 42.6 Å². The number of allylic oxidation sites excluding steroid dienone is 2. The number of nitrogens with zero attached hydrogens (tertiary/aromatic N) is 1. The van der Waals surface area contributed by atoms with E-state index in [0.29, 0.717) is 37.7 Å². The molecule has 2 heterocycles. The highest BCUT2D eigenvalue weighted by atomic mass is 16.6. The van der Waals surface area contributed by atoms with Crippen LogP contribution in [0.3, 0.4) is 0 Å². The van der Waals surface area contributed by atoms with Gasteiger partial charge in [0.2, 0.25) is 6.41 Å². The van der Waals surface area contributed by atoms with Crippen LogP contribution < -0.4 is 0 Å². The molecule has 70 heavy (non-hydrogen) atoms. The maximum absolute atomic E-state index is 13.7. The molecule has 16 nitrogen and oxygen atoms in total. The van der Waals surface area contributed by atoms with E-state index in [0.717, 1.165) is 5.57 Å². The number of aliphatic hydroxyl groups excluding tert-OH is 2. The van der Waals surface area contributed by atoms with E-state index < -0.39 is 84.8 Å². The highest BCUT2D eigenvalue weighted by Gasteiger charge is 2.43. The first-order valence-corrected chi connectivity index (χ1v) is 24.5. The molecular formula is C54H87NO15. The molecule has 0 unspecified atom stereocenters. The summed E-state index contributed by atoms with van der Waals surface area (Å²) in [6.45, 7) is 13.4. The van der Waals surface area contributed by atoms with Crippen molar-refractivity contribution in [3.8, 4) is 0 Å². The summed E-state index contributed by atoms with van der Waals surface area (Å²) in [5, 5.41) is 23.2. The molecule has 398 valence electrons. The molecule has 17 atom stereocenters. The van der Waals surface area contributed by atoms with Crippen LogP contribution in [0.1, 0.15) is 87.0 Å². The number of hydrogen-bond acceptors (Lipinski definition) is 15. The molecule has 0 aromatic carbocycles. The van der Waals surface area contributed by atoms with Crippen molar-refractivity contribution in [2.24, 2.45) is 35.5 Å². The Bertz CT molecular complexity index is 1780. The Morgan fingerprint density at radius 3 is 2.03 bits per heavy atom. The van der Waals surface area contributed by atoms with Crippen LogP contribution in [0.25, 0.3) is 0 Å². The summed E-state index contributed by atoms with van der Waals surface area (Å²) in [6, 6.07) is 0. The van der Waals surface area contributed by atoms with Crippen molar-refractivity contribution in [3.05, 3.63) is 72.0 Å².